The number of aryl methyl sites for hydroxylation is 1. The topological polar surface area (TPSA) is 45.2 Å². The first kappa shape index (κ1) is 16.5. The lowest BCUT2D eigenvalue weighted by molar-refractivity contribution is 0.207. The number of likely N-dealkylation sites (tertiary alicyclic amines) is 1. The molecule has 2 aliphatic heterocycles. The second kappa shape index (κ2) is 7.48. The number of aromatic nitrogens is 3. The van der Waals surface area contributed by atoms with Gasteiger partial charge in [-0.2, -0.15) is 0 Å². The predicted molar refractivity (Wildman–Crippen MR) is 101 cm³/mol. The average Bonchev–Trinajstić information content (AvgIpc) is 3.23. The van der Waals surface area contributed by atoms with Crippen LogP contribution in [0.2, 0.25) is 0 Å². The van der Waals surface area contributed by atoms with Crippen molar-refractivity contribution in [2.75, 3.05) is 31.1 Å². The van der Waals surface area contributed by atoms with Crippen LogP contribution in [0.15, 0.2) is 30.5 Å². The zero-order valence-corrected chi connectivity index (χ0v) is 15.1. The highest BCUT2D eigenvalue weighted by atomic mass is 15.2. The Balaban J connectivity index is 1.52. The summed E-state index contributed by atoms with van der Waals surface area (Å²) >= 11 is 0. The number of nitrogens with zero attached hydrogens (tertiary/aromatic N) is 5. The van der Waals surface area contributed by atoms with Gasteiger partial charge in [-0.05, 0) is 57.3 Å². The maximum atomic E-state index is 4.84. The van der Waals surface area contributed by atoms with Crippen LogP contribution < -0.4 is 4.90 Å². The molecule has 4 rings (SSSR count). The summed E-state index contributed by atoms with van der Waals surface area (Å²) in [5, 5.41) is 0. The van der Waals surface area contributed by atoms with Gasteiger partial charge in [0.1, 0.15) is 11.5 Å². The minimum absolute atomic E-state index is 0.747. The number of piperidine rings is 1. The molecule has 25 heavy (non-hydrogen) atoms. The van der Waals surface area contributed by atoms with Crippen LogP contribution in [-0.2, 0) is 6.42 Å². The van der Waals surface area contributed by atoms with E-state index in [0.717, 1.165) is 48.6 Å². The summed E-state index contributed by atoms with van der Waals surface area (Å²) in [4.78, 5) is 19.1. The summed E-state index contributed by atoms with van der Waals surface area (Å²) in [6.45, 7) is 6.91. The summed E-state index contributed by atoms with van der Waals surface area (Å²) in [5.41, 5.74) is 1.94. The fourth-order valence-corrected chi connectivity index (χ4v) is 4.00. The van der Waals surface area contributed by atoms with Gasteiger partial charge < -0.3 is 9.80 Å². The fourth-order valence-electron chi connectivity index (χ4n) is 4.00. The number of hydrogen-bond donors (Lipinski definition) is 0. The molecule has 4 heterocycles. The van der Waals surface area contributed by atoms with Crippen LogP contribution >= 0.6 is 0 Å². The van der Waals surface area contributed by atoms with Crippen molar-refractivity contribution in [1.29, 1.82) is 0 Å². The summed E-state index contributed by atoms with van der Waals surface area (Å²) < 4.78 is 0. The van der Waals surface area contributed by atoms with Crippen molar-refractivity contribution in [3.05, 3.63) is 36.2 Å². The molecule has 2 aromatic rings. The van der Waals surface area contributed by atoms with Crippen LogP contribution in [0.5, 0.6) is 0 Å². The Morgan fingerprint density at radius 3 is 2.52 bits per heavy atom. The van der Waals surface area contributed by atoms with Gasteiger partial charge in [0.2, 0.25) is 0 Å². The molecule has 2 aromatic heterocycles. The Morgan fingerprint density at radius 1 is 1.04 bits per heavy atom. The van der Waals surface area contributed by atoms with Gasteiger partial charge in [0.25, 0.3) is 0 Å². The molecule has 0 aromatic carbocycles. The second-order valence-corrected chi connectivity index (χ2v) is 7.07. The highest BCUT2D eigenvalue weighted by Crippen LogP contribution is 2.25. The highest BCUT2D eigenvalue weighted by molar-refractivity contribution is 5.54. The lowest BCUT2D eigenvalue weighted by Crippen LogP contribution is -2.44. The van der Waals surface area contributed by atoms with Crippen LogP contribution in [0.1, 0.15) is 38.3 Å². The minimum Gasteiger partial charge on any atom is -0.356 e. The Kier molecular flexibility index (Phi) is 4.92. The van der Waals surface area contributed by atoms with E-state index in [-0.39, 0.29) is 0 Å². The lowest BCUT2D eigenvalue weighted by Gasteiger charge is -2.37. The number of pyridine rings is 1. The van der Waals surface area contributed by atoms with Gasteiger partial charge in [0.05, 0.1) is 0 Å². The molecule has 0 atom stereocenters. The molecule has 5 nitrogen and oxygen atoms in total. The Labute approximate surface area is 150 Å². The molecular weight excluding hydrogens is 310 g/mol. The Bertz CT molecular complexity index is 688. The van der Waals surface area contributed by atoms with Gasteiger partial charge in [-0.15, -0.1) is 0 Å². The van der Waals surface area contributed by atoms with Crippen LogP contribution in [0, 0.1) is 0 Å². The van der Waals surface area contributed by atoms with Crippen LogP contribution in [0.4, 0.5) is 5.82 Å². The summed E-state index contributed by atoms with van der Waals surface area (Å²) in [6.07, 6.45) is 7.95. The standard InChI is InChI=1S/C20H27N5/c1-2-16-15-19(23-20(22-16)18-7-3-4-10-21-18)25-13-8-17(9-14-25)24-11-5-6-12-24/h3-4,7,10,15,17H,2,5-6,8-9,11-14H2,1H3. The molecule has 0 amide bonds. The molecule has 0 spiro atoms. The number of anilines is 1. The molecule has 0 radical (unpaired) electrons. The Morgan fingerprint density at radius 2 is 1.84 bits per heavy atom. The Hall–Kier alpha value is -2.01. The average molecular weight is 337 g/mol. The molecule has 0 saturated carbocycles. The molecule has 2 saturated heterocycles. The first-order chi connectivity index (χ1) is 12.3. The van der Waals surface area contributed by atoms with Gasteiger partial charge >= 0.3 is 0 Å². The van der Waals surface area contributed by atoms with E-state index in [1.54, 1.807) is 6.20 Å². The first-order valence-corrected chi connectivity index (χ1v) is 9.62. The van der Waals surface area contributed by atoms with Gasteiger partial charge in [-0.25, -0.2) is 9.97 Å². The van der Waals surface area contributed by atoms with Gasteiger partial charge in [0.15, 0.2) is 5.82 Å². The lowest BCUT2D eigenvalue weighted by atomic mass is 10.0. The van der Waals surface area contributed by atoms with Crippen molar-refractivity contribution in [1.82, 2.24) is 19.9 Å². The van der Waals surface area contributed by atoms with Crippen molar-refractivity contribution in [3.8, 4) is 11.5 Å². The first-order valence-electron chi connectivity index (χ1n) is 9.62. The van der Waals surface area contributed by atoms with E-state index in [1.807, 2.05) is 18.2 Å². The van der Waals surface area contributed by atoms with Gasteiger partial charge in [-0.3, -0.25) is 4.98 Å². The zero-order valence-electron chi connectivity index (χ0n) is 15.1. The van der Waals surface area contributed by atoms with Gasteiger partial charge in [0, 0.05) is 37.1 Å². The molecule has 0 unspecified atom stereocenters. The normalized spacial score (nSPS) is 19.5. The maximum Gasteiger partial charge on any atom is 0.180 e. The van der Waals surface area contributed by atoms with Crippen LogP contribution in [0.25, 0.3) is 11.5 Å². The SMILES string of the molecule is CCc1cc(N2CCC(N3CCCC3)CC2)nc(-c2ccccn2)n1. The van der Waals surface area contributed by atoms with E-state index >= 15 is 0 Å². The van der Waals surface area contributed by atoms with Crippen molar-refractivity contribution in [2.24, 2.45) is 0 Å². The van der Waals surface area contributed by atoms with Crippen molar-refractivity contribution in [2.45, 2.75) is 45.1 Å². The number of rotatable bonds is 4. The van der Waals surface area contributed by atoms with Crippen molar-refractivity contribution < 1.29 is 0 Å². The van der Waals surface area contributed by atoms with Crippen LogP contribution in [-0.4, -0.2) is 52.1 Å². The van der Waals surface area contributed by atoms with E-state index in [1.165, 1.54) is 38.8 Å². The van der Waals surface area contributed by atoms with Gasteiger partial charge in [-0.1, -0.05) is 13.0 Å². The smallest absolute Gasteiger partial charge is 0.180 e. The van der Waals surface area contributed by atoms with E-state index in [2.05, 4.69) is 32.8 Å². The summed E-state index contributed by atoms with van der Waals surface area (Å²) in [6, 6.07) is 8.82. The maximum absolute atomic E-state index is 4.84. The third-order valence-corrected chi connectivity index (χ3v) is 5.47. The zero-order chi connectivity index (χ0) is 17.1. The minimum atomic E-state index is 0.747. The molecule has 2 aliphatic rings. The van der Waals surface area contributed by atoms with E-state index < -0.39 is 0 Å². The van der Waals surface area contributed by atoms with Crippen molar-refractivity contribution >= 4 is 5.82 Å². The largest absolute Gasteiger partial charge is 0.356 e. The molecule has 132 valence electrons. The summed E-state index contributed by atoms with van der Waals surface area (Å²) in [7, 11) is 0. The predicted octanol–water partition coefficient (Wildman–Crippen LogP) is 3.17. The van der Waals surface area contributed by atoms with Crippen molar-refractivity contribution in [3.63, 3.8) is 0 Å². The fraction of sp³-hybridized carbons (Fsp3) is 0.550. The quantitative estimate of drug-likeness (QED) is 0.857. The summed E-state index contributed by atoms with van der Waals surface area (Å²) in [5.74, 6) is 1.81. The molecular formula is C20H27N5. The van der Waals surface area contributed by atoms with E-state index in [0.29, 0.717) is 0 Å². The van der Waals surface area contributed by atoms with E-state index in [4.69, 9.17) is 4.98 Å². The number of hydrogen-bond acceptors (Lipinski definition) is 5. The second-order valence-electron chi connectivity index (χ2n) is 7.07. The highest BCUT2D eigenvalue weighted by Gasteiger charge is 2.27. The molecule has 0 aliphatic carbocycles. The molecule has 5 heteroatoms. The molecule has 0 bridgehead atoms. The third-order valence-electron chi connectivity index (χ3n) is 5.47. The third kappa shape index (κ3) is 3.66. The molecule has 2 fully saturated rings. The van der Waals surface area contributed by atoms with E-state index in [9.17, 15) is 0 Å². The van der Waals surface area contributed by atoms with Crippen LogP contribution in [0.3, 0.4) is 0 Å². The molecule has 0 N–H and O–H groups in total. The monoisotopic (exact) mass is 337 g/mol.